The van der Waals surface area contributed by atoms with Crippen molar-refractivity contribution in [3.63, 3.8) is 0 Å². The first-order valence-electron chi connectivity index (χ1n) is 7.92. The second kappa shape index (κ2) is 5.83. The zero-order valence-corrected chi connectivity index (χ0v) is 14.0. The summed E-state index contributed by atoms with van der Waals surface area (Å²) >= 11 is 0. The zero-order valence-electron chi connectivity index (χ0n) is 13.2. The molecule has 0 aromatic heterocycles. The Labute approximate surface area is 132 Å². The zero-order chi connectivity index (χ0) is 15.9. The van der Waals surface area contributed by atoms with Gasteiger partial charge < -0.3 is 10.0 Å². The van der Waals surface area contributed by atoms with E-state index in [4.69, 9.17) is 0 Å². The highest BCUT2D eigenvalue weighted by molar-refractivity contribution is 7.89. The number of nitrogens with zero attached hydrogens (tertiary/aromatic N) is 2. The molecule has 2 atom stereocenters. The van der Waals surface area contributed by atoms with Crippen molar-refractivity contribution in [2.24, 2.45) is 5.92 Å². The van der Waals surface area contributed by atoms with Gasteiger partial charge in [0.25, 0.3) is 0 Å². The smallest absolute Gasteiger partial charge is 0.243 e. The topological polar surface area (TPSA) is 60.9 Å². The van der Waals surface area contributed by atoms with Crippen LogP contribution in [-0.2, 0) is 16.4 Å². The molecule has 1 saturated heterocycles. The van der Waals surface area contributed by atoms with Crippen molar-refractivity contribution in [2.45, 2.75) is 37.2 Å². The molecule has 6 heteroatoms. The van der Waals surface area contributed by atoms with Crippen molar-refractivity contribution in [1.29, 1.82) is 0 Å². The van der Waals surface area contributed by atoms with E-state index in [1.807, 2.05) is 20.0 Å². The summed E-state index contributed by atoms with van der Waals surface area (Å²) < 4.78 is 27.1. The molecule has 22 heavy (non-hydrogen) atoms. The molecular weight excluding hydrogens is 300 g/mol. The molecule has 0 amide bonds. The average molecular weight is 324 g/mol. The molecule has 2 heterocycles. The minimum absolute atomic E-state index is 0.154. The molecule has 5 nitrogen and oxygen atoms in total. The standard InChI is InChI=1S/C16H24N2O3S/c1-12-7-9-18(11-16(12)19)22(20,21)14-6-5-13-4-3-8-17(2)15(13)10-14/h5-6,10,12,16,19H,3-4,7-9,11H2,1-2H3. The van der Waals surface area contributed by atoms with Crippen LogP contribution in [0.4, 0.5) is 5.69 Å². The van der Waals surface area contributed by atoms with Crippen LogP contribution in [-0.4, -0.2) is 50.6 Å². The van der Waals surface area contributed by atoms with Gasteiger partial charge in [0.05, 0.1) is 11.0 Å². The van der Waals surface area contributed by atoms with E-state index in [0.717, 1.165) is 25.1 Å². The summed E-state index contributed by atoms with van der Waals surface area (Å²) in [4.78, 5) is 2.45. The number of hydrogen-bond donors (Lipinski definition) is 1. The van der Waals surface area contributed by atoms with Gasteiger partial charge in [-0.15, -0.1) is 0 Å². The Morgan fingerprint density at radius 3 is 2.77 bits per heavy atom. The maximum absolute atomic E-state index is 12.8. The van der Waals surface area contributed by atoms with E-state index >= 15 is 0 Å². The molecule has 0 bridgehead atoms. The largest absolute Gasteiger partial charge is 0.391 e. The number of aryl methyl sites for hydroxylation is 1. The van der Waals surface area contributed by atoms with Gasteiger partial charge in [-0.2, -0.15) is 4.31 Å². The quantitative estimate of drug-likeness (QED) is 0.895. The highest BCUT2D eigenvalue weighted by atomic mass is 32.2. The second-order valence-electron chi connectivity index (χ2n) is 6.51. The molecule has 1 aromatic carbocycles. The Balaban J connectivity index is 1.91. The molecule has 0 radical (unpaired) electrons. The van der Waals surface area contributed by atoms with Crippen molar-refractivity contribution in [3.05, 3.63) is 23.8 Å². The number of aliphatic hydroxyl groups is 1. The van der Waals surface area contributed by atoms with Crippen LogP contribution in [0, 0.1) is 5.92 Å². The number of piperidine rings is 1. The first kappa shape index (κ1) is 15.8. The molecule has 1 N–H and O–H groups in total. The minimum atomic E-state index is -3.53. The van der Waals surface area contributed by atoms with Gasteiger partial charge in [0, 0.05) is 32.4 Å². The van der Waals surface area contributed by atoms with Crippen LogP contribution in [0.5, 0.6) is 0 Å². The molecule has 3 rings (SSSR count). The van der Waals surface area contributed by atoms with Crippen LogP contribution in [0.3, 0.4) is 0 Å². The average Bonchev–Trinajstić information content (AvgIpc) is 2.50. The van der Waals surface area contributed by atoms with Crippen molar-refractivity contribution in [1.82, 2.24) is 4.31 Å². The third-order valence-corrected chi connectivity index (χ3v) is 6.79. The van der Waals surface area contributed by atoms with E-state index in [0.29, 0.717) is 17.9 Å². The molecule has 0 saturated carbocycles. The highest BCUT2D eigenvalue weighted by Crippen LogP contribution is 2.31. The normalized spacial score (nSPS) is 26.8. The lowest BCUT2D eigenvalue weighted by Crippen LogP contribution is -2.45. The van der Waals surface area contributed by atoms with Crippen molar-refractivity contribution in [3.8, 4) is 0 Å². The third-order valence-electron chi connectivity index (χ3n) is 4.93. The van der Waals surface area contributed by atoms with Gasteiger partial charge in [-0.3, -0.25) is 0 Å². The Morgan fingerprint density at radius 2 is 2.05 bits per heavy atom. The summed E-state index contributed by atoms with van der Waals surface area (Å²) in [6, 6.07) is 5.42. The Morgan fingerprint density at radius 1 is 1.27 bits per heavy atom. The molecule has 1 fully saturated rings. The van der Waals surface area contributed by atoms with Gasteiger partial charge >= 0.3 is 0 Å². The maximum Gasteiger partial charge on any atom is 0.243 e. The van der Waals surface area contributed by atoms with E-state index in [9.17, 15) is 13.5 Å². The molecule has 0 aliphatic carbocycles. The summed E-state index contributed by atoms with van der Waals surface area (Å²) in [5.74, 6) is 0.154. The number of hydrogen-bond acceptors (Lipinski definition) is 4. The van der Waals surface area contributed by atoms with E-state index in [1.54, 1.807) is 12.1 Å². The van der Waals surface area contributed by atoms with Gasteiger partial charge in [-0.1, -0.05) is 13.0 Å². The highest BCUT2D eigenvalue weighted by Gasteiger charge is 2.33. The Bertz CT molecular complexity index is 659. The fourth-order valence-electron chi connectivity index (χ4n) is 3.29. The predicted octanol–water partition coefficient (Wildman–Crippen LogP) is 1.46. The van der Waals surface area contributed by atoms with Gasteiger partial charge in [0.15, 0.2) is 0 Å². The SMILES string of the molecule is CC1CCN(S(=O)(=O)c2ccc3c(c2)N(C)CCC3)CC1O. The summed E-state index contributed by atoms with van der Waals surface area (Å²) in [5.41, 5.74) is 2.22. The lowest BCUT2D eigenvalue weighted by molar-refractivity contribution is 0.0605. The van der Waals surface area contributed by atoms with E-state index in [1.165, 1.54) is 9.87 Å². The minimum Gasteiger partial charge on any atom is -0.391 e. The summed E-state index contributed by atoms with van der Waals surface area (Å²) in [5, 5.41) is 9.98. The van der Waals surface area contributed by atoms with E-state index in [2.05, 4.69) is 4.90 Å². The van der Waals surface area contributed by atoms with Crippen LogP contribution < -0.4 is 4.90 Å². The van der Waals surface area contributed by atoms with Crippen molar-refractivity contribution < 1.29 is 13.5 Å². The number of benzene rings is 1. The molecular formula is C16H24N2O3S. The summed E-state index contributed by atoms with van der Waals surface area (Å²) in [6.45, 7) is 3.59. The Hall–Kier alpha value is -1.11. The predicted molar refractivity (Wildman–Crippen MR) is 86.6 cm³/mol. The number of aliphatic hydroxyl groups excluding tert-OH is 1. The van der Waals surface area contributed by atoms with E-state index < -0.39 is 16.1 Å². The first-order valence-corrected chi connectivity index (χ1v) is 9.36. The first-order chi connectivity index (χ1) is 10.4. The van der Waals surface area contributed by atoms with E-state index in [-0.39, 0.29) is 12.5 Å². The van der Waals surface area contributed by atoms with Gasteiger partial charge in [0.2, 0.25) is 10.0 Å². The van der Waals surface area contributed by atoms with Crippen molar-refractivity contribution >= 4 is 15.7 Å². The summed E-state index contributed by atoms with van der Waals surface area (Å²) in [7, 11) is -1.53. The van der Waals surface area contributed by atoms with Gasteiger partial charge in [-0.05, 0) is 42.9 Å². The second-order valence-corrected chi connectivity index (χ2v) is 8.45. The van der Waals surface area contributed by atoms with Crippen LogP contribution in [0.25, 0.3) is 0 Å². The molecule has 122 valence electrons. The lowest BCUT2D eigenvalue weighted by atomic mass is 9.98. The third kappa shape index (κ3) is 2.75. The molecule has 2 aliphatic heterocycles. The fraction of sp³-hybridized carbons (Fsp3) is 0.625. The number of rotatable bonds is 2. The maximum atomic E-state index is 12.8. The van der Waals surface area contributed by atoms with Gasteiger partial charge in [0.1, 0.15) is 0 Å². The van der Waals surface area contributed by atoms with Crippen molar-refractivity contribution in [2.75, 3.05) is 31.6 Å². The number of sulfonamides is 1. The van der Waals surface area contributed by atoms with Crippen LogP contribution in [0.15, 0.2) is 23.1 Å². The van der Waals surface area contributed by atoms with Crippen LogP contribution in [0.1, 0.15) is 25.3 Å². The molecule has 2 unspecified atom stereocenters. The number of anilines is 1. The molecule has 2 aliphatic rings. The lowest BCUT2D eigenvalue weighted by Gasteiger charge is -2.34. The number of fused-ring (bicyclic) bond motifs is 1. The Kier molecular flexibility index (Phi) is 4.18. The monoisotopic (exact) mass is 324 g/mol. The van der Waals surface area contributed by atoms with Gasteiger partial charge in [-0.25, -0.2) is 8.42 Å². The fourth-order valence-corrected chi connectivity index (χ4v) is 4.78. The van der Waals surface area contributed by atoms with Crippen LogP contribution >= 0.6 is 0 Å². The summed E-state index contributed by atoms with van der Waals surface area (Å²) in [6.07, 6.45) is 2.22. The molecule has 1 aromatic rings. The molecule has 0 spiro atoms. The van der Waals surface area contributed by atoms with Crippen LogP contribution in [0.2, 0.25) is 0 Å². The number of β-amino-alcohol motifs (C(OH)–C–C–N with tert-alkyl or cyclic N) is 1.